The summed E-state index contributed by atoms with van der Waals surface area (Å²) in [5.74, 6) is -0.912. The molecule has 0 unspecified atom stereocenters. The molecule has 0 radical (unpaired) electrons. The number of amides is 1. The van der Waals surface area contributed by atoms with Gasteiger partial charge >= 0.3 is 5.97 Å². The molecule has 2 aromatic carbocycles. The third-order valence-corrected chi connectivity index (χ3v) is 6.48. The number of aliphatic carboxylic acids is 1. The standard InChI is InChI=1S/C26H26N4O4S/c1-18-17-27-23(16-19-2-6-21(7-3-19)30-12-14-34-15-13-30)29-26(18)35-22-8-4-20(5-9-22)28-24(31)10-11-25(32)33/h2-11,17H,12-16H2,1H3,(H,28,31)(H,32,33)/b11-10+. The molecule has 1 aliphatic heterocycles. The maximum absolute atomic E-state index is 11.7. The van der Waals surface area contributed by atoms with Crippen LogP contribution in [0.5, 0.6) is 0 Å². The van der Waals surface area contributed by atoms with E-state index in [0.717, 1.165) is 65.3 Å². The van der Waals surface area contributed by atoms with E-state index >= 15 is 0 Å². The van der Waals surface area contributed by atoms with Gasteiger partial charge in [0.2, 0.25) is 5.91 Å². The highest BCUT2D eigenvalue weighted by molar-refractivity contribution is 7.99. The van der Waals surface area contributed by atoms with Crippen molar-refractivity contribution in [2.45, 2.75) is 23.3 Å². The fraction of sp³-hybridized carbons (Fsp3) is 0.231. The molecule has 1 saturated heterocycles. The first-order chi connectivity index (χ1) is 17.0. The van der Waals surface area contributed by atoms with Crippen LogP contribution >= 0.6 is 11.8 Å². The smallest absolute Gasteiger partial charge is 0.328 e. The van der Waals surface area contributed by atoms with Gasteiger partial charge in [0.15, 0.2) is 0 Å². The Kier molecular flexibility index (Phi) is 8.12. The molecular formula is C26H26N4O4S. The Bertz CT molecular complexity index is 1210. The van der Waals surface area contributed by atoms with Crippen LogP contribution in [0, 0.1) is 6.92 Å². The molecule has 0 spiro atoms. The molecule has 4 rings (SSSR count). The van der Waals surface area contributed by atoms with Crippen LogP contribution in [0.2, 0.25) is 0 Å². The van der Waals surface area contributed by atoms with Crippen molar-refractivity contribution in [3.63, 3.8) is 0 Å². The highest BCUT2D eigenvalue weighted by atomic mass is 32.2. The van der Waals surface area contributed by atoms with Crippen LogP contribution in [-0.4, -0.2) is 53.3 Å². The van der Waals surface area contributed by atoms with Crippen molar-refractivity contribution in [2.24, 2.45) is 0 Å². The summed E-state index contributed by atoms with van der Waals surface area (Å²) >= 11 is 1.53. The Labute approximate surface area is 208 Å². The molecule has 1 fully saturated rings. The summed E-state index contributed by atoms with van der Waals surface area (Å²) in [7, 11) is 0. The van der Waals surface area contributed by atoms with E-state index in [9.17, 15) is 9.59 Å². The lowest BCUT2D eigenvalue weighted by Gasteiger charge is -2.28. The van der Waals surface area contributed by atoms with E-state index in [1.165, 1.54) is 17.4 Å². The van der Waals surface area contributed by atoms with E-state index in [1.54, 1.807) is 12.1 Å². The number of carboxylic acid groups (broad SMARTS) is 1. The maximum atomic E-state index is 11.7. The zero-order valence-electron chi connectivity index (χ0n) is 19.3. The van der Waals surface area contributed by atoms with Crippen molar-refractivity contribution in [1.82, 2.24) is 9.97 Å². The van der Waals surface area contributed by atoms with Crippen LogP contribution < -0.4 is 10.2 Å². The Morgan fingerprint density at radius 3 is 2.49 bits per heavy atom. The molecular weight excluding hydrogens is 464 g/mol. The Morgan fingerprint density at radius 2 is 1.80 bits per heavy atom. The van der Waals surface area contributed by atoms with Crippen LogP contribution in [0.4, 0.5) is 11.4 Å². The Hall–Kier alpha value is -3.69. The van der Waals surface area contributed by atoms with Gasteiger partial charge in [-0.2, -0.15) is 0 Å². The first-order valence-corrected chi connectivity index (χ1v) is 12.0. The van der Waals surface area contributed by atoms with Gasteiger partial charge in [-0.05, 0) is 54.4 Å². The molecule has 1 aliphatic rings. The van der Waals surface area contributed by atoms with E-state index in [1.807, 2.05) is 25.3 Å². The number of hydrogen-bond acceptors (Lipinski definition) is 7. The van der Waals surface area contributed by atoms with E-state index < -0.39 is 11.9 Å². The van der Waals surface area contributed by atoms with Gasteiger partial charge in [0.05, 0.1) is 13.2 Å². The van der Waals surface area contributed by atoms with Crippen LogP contribution in [0.1, 0.15) is 17.0 Å². The van der Waals surface area contributed by atoms with Crippen LogP contribution in [0.3, 0.4) is 0 Å². The third-order valence-electron chi connectivity index (χ3n) is 5.36. The minimum atomic E-state index is -1.17. The topological polar surface area (TPSA) is 105 Å². The largest absolute Gasteiger partial charge is 0.478 e. The van der Waals surface area contributed by atoms with E-state index in [0.29, 0.717) is 12.1 Å². The van der Waals surface area contributed by atoms with E-state index in [2.05, 4.69) is 39.5 Å². The SMILES string of the molecule is Cc1cnc(Cc2ccc(N3CCOCC3)cc2)nc1Sc1ccc(NC(=O)/C=C/C(=O)O)cc1. The fourth-order valence-electron chi connectivity index (χ4n) is 3.53. The van der Waals surface area contributed by atoms with Gasteiger partial charge in [-0.3, -0.25) is 4.79 Å². The van der Waals surface area contributed by atoms with Gasteiger partial charge in [-0.1, -0.05) is 23.9 Å². The Morgan fingerprint density at radius 1 is 1.09 bits per heavy atom. The number of aryl methyl sites for hydroxylation is 1. The number of nitrogens with one attached hydrogen (secondary N) is 1. The lowest BCUT2D eigenvalue weighted by Crippen LogP contribution is -2.36. The predicted molar refractivity (Wildman–Crippen MR) is 135 cm³/mol. The highest BCUT2D eigenvalue weighted by Gasteiger charge is 2.12. The van der Waals surface area contributed by atoms with Crippen molar-refractivity contribution in [1.29, 1.82) is 0 Å². The van der Waals surface area contributed by atoms with Gasteiger partial charge in [-0.25, -0.2) is 14.8 Å². The van der Waals surface area contributed by atoms with Crippen molar-refractivity contribution in [3.8, 4) is 0 Å². The van der Waals surface area contributed by atoms with Crippen LogP contribution in [0.25, 0.3) is 0 Å². The number of carboxylic acids is 1. The number of ether oxygens (including phenoxy) is 1. The second kappa shape index (κ2) is 11.6. The average Bonchev–Trinajstić information content (AvgIpc) is 2.87. The second-order valence-electron chi connectivity index (χ2n) is 8.00. The third kappa shape index (κ3) is 7.14. The summed E-state index contributed by atoms with van der Waals surface area (Å²) < 4.78 is 5.43. The summed E-state index contributed by atoms with van der Waals surface area (Å²) in [4.78, 5) is 34.8. The van der Waals surface area contributed by atoms with Crippen LogP contribution in [0.15, 0.2) is 76.8 Å². The predicted octanol–water partition coefficient (Wildman–Crippen LogP) is 3.94. The van der Waals surface area contributed by atoms with Gasteiger partial charge in [0.1, 0.15) is 10.9 Å². The number of nitrogens with zero attached hydrogens (tertiary/aromatic N) is 3. The summed E-state index contributed by atoms with van der Waals surface area (Å²) in [6.45, 7) is 5.33. The van der Waals surface area contributed by atoms with Crippen molar-refractivity contribution < 1.29 is 19.4 Å². The molecule has 0 aliphatic carbocycles. The molecule has 1 aromatic heterocycles. The number of carbonyl (C=O) groups is 2. The lowest BCUT2D eigenvalue weighted by molar-refractivity contribution is -0.131. The number of hydrogen-bond donors (Lipinski definition) is 2. The van der Waals surface area contributed by atoms with E-state index in [4.69, 9.17) is 14.8 Å². The van der Waals surface area contributed by atoms with Gasteiger partial charge < -0.3 is 20.1 Å². The first kappa shape index (κ1) is 24.4. The molecule has 0 bridgehead atoms. The summed E-state index contributed by atoms with van der Waals surface area (Å²) in [6, 6.07) is 15.8. The second-order valence-corrected chi connectivity index (χ2v) is 9.07. The average molecular weight is 491 g/mol. The molecule has 0 saturated carbocycles. The molecule has 2 heterocycles. The number of benzene rings is 2. The van der Waals surface area contributed by atoms with Crippen molar-refractivity contribution in [3.05, 3.63) is 83.8 Å². The van der Waals surface area contributed by atoms with E-state index in [-0.39, 0.29) is 0 Å². The molecule has 180 valence electrons. The quantitative estimate of drug-likeness (QED) is 0.361. The van der Waals surface area contributed by atoms with Gasteiger partial charge in [0.25, 0.3) is 0 Å². The number of morpholine rings is 1. The molecule has 0 atom stereocenters. The first-order valence-electron chi connectivity index (χ1n) is 11.2. The Balaban J connectivity index is 1.38. The molecule has 9 heteroatoms. The molecule has 2 N–H and O–H groups in total. The molecule has 8 nitrogen and oxygen atoms in total. The van der Waals surface area contributed by atoms with Gasteiger partial charge in [0, 0.05) is 54.1 Å². The fourth-order valence-corrected chi connectivity index (χ4v) is 4.39. The highest BCUT2D eigenvalue weighted by Crippen LogP contribution is 2.29. The normalized spacial score (nSPS) is 13.7. The molecule has 1 amide bonds. The summed E-state index contributed by atoms with van der Waals surface area (Å²) in [5, 5.41) is 12.1. The summed E-state index contributed by atoms with van der Waals surface area (Å²) in [5.41, 5.74) is 3.92. The maximum Gasteiger partial charge on any atom is 0.328 e. The number of rotatable bonds is 8. The monoisotopic (exact) mass is 490 g/mol. The van der Waals surface area contributed by atoms with Gasteiger partial charge in [-0.15, -0.1) is 0 Å². The molecule has 3 aromatic rings. The number of carbonyl (C=O) groups excluding carboxylic acids is 1. The van der Waals surface area contributed by atoms with Crippen LogP contribution in [-0.2, 0) is 20.7 Å². The van der Waals surface area contributed by atoms with Crippen molar-refractivity contribution in [2.75, 3.05) is 36.5 Å². The minimum Gasteiger partial charge on any atom is -0.478 e. The van der Waals surface area contributed by atoms with Crippen molar-refractivity contribution >= 4 is 35.0 Å². The summed E-state index contributed by atoms with van der Waals surface area (Å²) in [6.07, 6.45) is 4.27. The number of aromatic nitrogens is 2. The number of anilines is 2. The zero-order chi connectivity index (χ0) is 24.6. The lowest BCUT2D eigenvalue weighted by atomic mass is 10.1. The zero-order valence-corrected chi connectivity index (χ0v) is 20.1. The minimum absolute atomic E-state index is 0.498. The molecule has 35 heavy (non-hydrogen) atoms.